The Bertz CT molecular complexity index is 1230. The number of nitrogens with one attached hydrogen (secondary N) is 1. The minimum atomic E-state index is -0.182. The summed E-state index contributed by atoms with van der Waals surface area (Å²) in [6, 6.07) is 14.7. The molecule has 3 aliphatic rings. The number of fused-ring (bicyclic) bond motifs is 2. The second-order valence-electron chi connectivity index (χ2n) is 9.47. The summed E-state index contributed by atoms with van der Waals surface area (Å²) in [5.41, 5.74) is 1.07. The van der Waals surface area contributed by atoms with Crippen LogP contribution in [0.5, 0.6) is 0 Å². The Morgan fingerprint density at radius 3 is 2.71 bits per heavy atom. The molecule has 3 aromatic rings. The molecule has 1 N–H and O–H groups in total. The van der Waals surface area contributed by atoms with Crippen molar-refractivity contribution in [3.8, 4) is 0 Å². The van der Waals surface area contributed by atoms with Crippen LogP contribution in [0.25, 0.3) is 6.08 Å². The first kappa shape index (κ1) is 21.3. The predicted molar refractivity (Wildman–Crippen MR) is 130 cm³/mol. The summed E-state index contributed by atoms with van der Waals surface area (Å²) in [4.78, 5) is 29.4. The zero-order valence-electron chi connectivity index (χ0n) is 18.9. The lowest BCUT2D eigenvalue weighted by Crippen LogP contribution is -2.47. The number of thiophene rings is 1. The van der Waals surface area contributed by atoms with Crippen LogP contribution in [0.3, 0.4) is 0 Å². The van der Waals surface area contributed by atoms with Crippen molar-refractivity contribution in [2.24, 2.45) is 0 Å². The molecule has 6 rings (SSSR count). The van der Waals surface area contributed by atoms with Gasteiger partial charge in [0.1, 0.15) is 5.82 Å². The van der Waals surface area contributed by atoms with E-state index in [2.05, 4.69) is 39.8 Å². The molecule has 0 unspecified atom stereocenters. The highest BCUT2D eigenvalue weighted by atomic mass is 32.1. The molecule has 0 bridgehead atoms. The van der Waals surface area contributed by atoms with Gasteiger partial charge in [0.25, 0.3) is 5.91 Å². The lowest BCUT2D eigenvalue weighted by atomic mass is 9.71. The number of hydrogen-bond acceptors (Lipinski definition) is 5. The van der Waals surface area contributed by atoms with E-state index >= 15 is 0 Å². The van der Waals surface area contributed by atoms with E-state index in [0.717, 1.165) is 42.8 Å². The quantitative estimate of drug-likeness (QED) is 0.576. The van der Waals surface area contributed by atoms with E-state index in [1.807, 2.05) is 39.1 Å². The minimum Gasteiger partial charge on any atom is -0.347 e. The zero-order valence-corrected chi connectivity index (χ0v) is 19.7. The smallest absolute Gasteiger partial charge is 0.289 e. The number of likely N-dealkylation sites (tertiary alicyclic amines) is 1. The van der Waals surface area contributed by atoms with Gasteiger partial charge in [-0.05, 0) is 48.8 Å². The normalized spacial score (nSPS) is 24.0. The summed E-state index contributed by atoms with van der Waals surface area (Å²) in [6.07, 6.45) is 8.10. The molecule has 2 fully saturated rings. The van der Waals surface area contributed by atoms with E-state index in [0.29, 0.717) is 18.9 Å². The Kier molecular flexibility index (Phi) is 5.32. The third kappa shape index (κ3) is 3.76. The van der Waals surface area contributed by atoms with Gasteiger partial charge in [-0.3, -0.25) is 9.59 Å². The molecule has 1 aliphatic carbocycles. The van der Waals surface area contributed by atoms with E-state index in [1.54, 1.807) is 17.4 Å². The SMILES string of the molecule is O=C(NC1CC1)c1nnc2n1C[C@@H]1N(C(=O)/C=C/c3cccs3)CC[C@]1(c1ccccc1)CC2. The molecular formula is C26H27N5O2S. The van der Waals surface area contributed by atoms with Gasteiger partial charge in [0.15, 0.2) is 0 Å². The van der Waals surface area contributed by atoms with Crippen molar-refractivity contribution in [1.29, 1.82) is 0 Å². The first-order valence-electron chi connectivity index (χ1n) is 11.9. The lowest BCUT2D eigenvalue weighted by Gasteiger charge is -2.37. The fourth-order valence-electron chi connectivity index (χ4n) is 5.52. The minimum absolute atomic E-state index is 0.0108. The van der Waals surface area contributed by atoms with Crippen LogP contribution in [-0.2, 0) is 23.2 Å². The second kappa shape index (κ2) is 8.51. The average molecular weight is 474 g/mol. The van der Waals surface area contributed by atoms with Crippen molar-refractivity contribution >= 4 is 29.2 Å². The van der Waals surface area contributed by atoms with Crippen LogP contribution in [0, 0.1) is 0 Å². The van der Waals surface area contributed by atoms with Gasteiger partial charge in [-0.2, -0.15) is 0 Å². The van der Waals surface area contributed by atoms with Crippen LogP contribution in [-0.4, -0.2) is 50.1 Å². The molecule has 2 amide bonds. The zero-order chi connectivity index (χ0) is 23.1. The molecule has 0 radical (unpaired) electrons. The Hall–Kier alpha value is -3.26. The number of benzene rings is 1. The number of carbonyl (C=O) groups is 2. The van der Waals surface area contributed by atoms with Crippen LogP contribution in [0.15, 0.2) is 53.9 Å². The summed E-state index contributed by atoms with van der Waals surface area (Å²) in [5.74, 6) is 1.03. The van der Waals surface area contributed by atoms with Crippen LogP contribution in [0.1, 0.15) is 52.6 Å². The molecule has 7 nitrogen and oxygen atoms in total. The van der Waals surface area contributed by atoms with Crippen molar-refractivity contribution in [3.63, 3.8) is 0 Å². The highest BCUT2D eigenvalue weighted by Gasteiger charge is 2.51. The highest BCUT2D eigenvalue weighted by Crippen LogP contribution is 2.46. The van der Waals surface area contributed by atoms with Gasteiger partial charge in [0.05, 0.1) is 6.04 Å². The third-order valence-corrected chi connectivity index (χ3v) is 8.31. The Morgan fingerprint density at radius 1 is 1.09 bits per heavy atom. The number of hydrogen-bond donors (Lipinski definition) is 1. The van der Waals surface area contributed by atoms with E-state index in [1.165, 1.54) is 5.56 Å². The fraction of sp³-hybridized carbons (Fsp3) is 0.385. The molecule has 2 atom stereocenters. The number of aryl methyl sites for hydroxylation is 1. The molecule has 34 heavy (non-hydrogen) atoms. The largest absolute Gasteiger partial charge is 0.347 e. The van der Waals surface area contributed by atoms with Gasteiger partial charge in [0.2, 0.25) is 11.7 Å². The molecule has 0 spiro atoms. The number of aromatic nitrogens is 3. The van der Waals surface area contributed by atoms with Crippen molar-refractivity contribution in [2.75, 3.05) is 6.54 Å². The summed E-state index contributed by atoms with van der Waals surface area (Å²) in [7, 11) is 0. The first-order valence-corrected chi connectivity index (χ1v) is 12.8. The maximum Gasteiger partial charge on any atom is 0.289 e. The van der Waals surface area contributed by atoms with Crippen molar-refractivity contribution in [1.82, 2.24) is 25.0 Å². The van der Waals surface area contributed by atoms with Crippen LogP contribution in [0.2, 0.25) is 0 Å². The van der Waals surface area contributed by atoms with Gasteiger partial charge in [-0.25, -0.2) is 0 Å². The van der Waals surface area contributed by atoms with Crippen LogP contribution < -0.4 is 5.32 Å². The molecule has 2 aromatic heterocycles. The first-order chi connectivity index (χ1) is 16.6. The monoisotopic (exact) mass is 473 g/mol. The van der Waals surface area contributed by atoms with Crippen LogP contribution >= 0.6 is 11.3 Å². The molecule has 1 saturated carbocycles. The molecule has 4 heterocycles. The number of carbonyl (C=O) groups excluding carboxylic acids is 2. The van der Waals surface area contributed by atoms with Gasteiger partial charge in [-0.15, -0.1) is 21.5 Å². The van der Waals surface area contributed by atoms with Gasteiger partial charge >= 0.3 is 0 Å². The topological polar surface area (TPSA) is 80.1 Å². The van der Waals surface area contributed by atoms with Crippen molar-refractivity contribution in [2.45, 2.75) is 56.1 Å². The highest BCUT2D eigenvalue weighted by molar-refractivity contribution is 7.10. The van der Waals surface area contributed by atoms with Crippen molar-refractivity contribution in [3.05, 3.63) is 76.0 Å². The van der Waals surface area contributed by atoms with E-state index in [9.17, 15) is 9.59 Å². The summed E-state index contributed by atoms with van der Waals surface area (Å²) >= 11 is 1.61. The molecule has 8 heteroatoms. The summed E-state index contributed by atoms with van der Waals surface area (Å²) in [5, 5.41) is 13.7. The summed E-state index contributed by atoms with van der Waals surface area (Å²) in [6.45, 7) is 1.21. The van der Waals surface area contributed by atoms with Crippen molar-refractivity contribution < 1.29 is 9.59 Å². The van der Waals surface area contributed by atoms with E-state index in [4.69, 9.17) is 0 Å². The number of amides is 2. The van der Waals surface area contributed by atoms with Gasteiger partial charge in [0, 0.05) is 41.9 Å². The Labute approximate surface area is 202 Å². The molecule has 1 aromatic carbocycles. The van der Waals surface area contributed by atoms with E-state index < -0.39 is 0 Å². The Morgan fingerprint density at radius 2 is 1.94 bits per heavy atom. The van der Waals surface area contributed by atoms with Gasteiger partial charge in [-0.1, -0.05) is 36.4 Å². The Balaban J connectivity index is 1.36. The third-order valence-electron chi connectivity index (χ3n) is 7.47. The average Bonchev–Trinajstić information content (AvgIpc) is 3.25. The molecular weight excluding hydrogens is 446 g/mol. The molecule has 2 aliphatic heterocycles. The van der Waals surface area contributed by atoms with Crippen LogP contribution in [0.4, 0.5) is 0 Å². The fourth-order valence-corrected chi connectivity index (χ4v) is 6.14. The number of nitrogens with zero attached hydrogens (tertiary/aromatic N) is 4. The maximum atomic E-state index is 13.4. The lowest BCUT2D eigenvalue weighted by molar-refractivity contribution is -0.127. The van der Waals surface area contributed by atoms with Gasteiger partial charge < -0.3 is 14.8 Å². The maximum absolute atomic E-state index is 13.4. The number of rotatable bonds is 5. The summed E-state index contributed by atoms with van der Waals surface area (Å²) < 4.78 is 1.96. The standard InChI is InChI=1S/C26H27N5O2S/c32-23(11-10-20-7-4-16-34-20)30-15-14-26(18-5-2-1-3-6-18)13-12-22-28-29-24(31(22)17-21(26)30)25(33)27-19-8-9-19/h1-7,10-11,16,19,21H,8-9,12-15,17H2,(H,27,33)/b11-10+/t21-,26-/m0/s1. The van der Waals surface area contributed by atoms with E-state index in [-0.39, 0.29) is 29.3 Å². The molecule has 1 saturated heterocycles. The predicted octanol–water partition coefficient (Wildman–Crippen LogP) is 3.43. The second-order valence-corrected chi connectivity index (χ2v) is 10.4. The molecule has 174 valence electrons.